The van der Waals surface area contributed by atoms with Crippen LogP contribution in [0.3, 0.4) is 0 Å². The van der Waals surface area contributed by atoms with Crippen molar-refractivity contribution < 1.29 is 22.7 Å². The SMILES string of the molecule is CCOc1ccc(S(=O)(=O)CC(=O)N2CCO[C@@H](C)C2)cc1. The number of amides is 1. The highest BCUT2D eigenvalue weighted by atomic mass is 32.2. The quantitative estimate of drug-likeness (QED) is 0.810. The molecule has 0 aromatic heterocycles. The van der Waals surface area contributed by atoms with Crippen LogP contribution in [0.4, 0.5) is 0 Å². The van der Waals surface area contributed by atoms with Crippen molar-refractivity contribution in [3.8, 4) is 5.75 Å². The smallest absolute Gasteiger partial charge is 0.238 e. The summed E-state index contributed by atoms with van der Waals surface area (Å²) in [6, 6.07) is 6.13. The van der Waals surface area contributed by atoms with Crippen LogP contribution in [0.5, 0.6) is 5.75 Å². The third-order valence-corrected chi connectivity index (χ3v) is 5.02. The first-order valence-corrected chi connectivity index (χ1v) is 8.92. The monoisotopic (exact) mass is 327 g/mol. The Morgan fingerprint density at radius 3 is 2.64 bits per heavy atom. The Morgan fingerprint density at radius 1 is 1.36 bits per heavy atom. The molecule has 22 heavy (non-hydrogen) atoms. The van der Waals surface area contributed by atoms with E-state index in [9.17, 15) is 13.2 Å². The second kappa shape index (κ2) is 7.11. The summed E-state index contributed by atoms with van der Waals surface area (Å²) in [6.45, 7) is 5.53. The Bertz CT molecular complexity index is 611. The first-order chi connectivity index (χ1) is 10.4. The van der Waals surface area contributed by atoms with Gasteiger partial charge in [0, 0.05) is 13.1 Å². The molecule has 1 heterocycles. The molecule has 0 unspecified atom stereocenters. The minimum absolute atomic E-state index is 0.0640. The minimum Gasteiger partial charge on any atom is -0.494 e. The van der Waals surface area contributed by atoms with E-state index in [2.05, 4.69) is 0 Å². The number of rotatable bonds is 5. The van der Waals surface area contributed by atoms with E-state index in [1.165, 1.54) is 12.1 Å². The maximum Gasteiger partial charge on any atom is 0.238 e. The van der Waals surface area contributed by atoms with Crippen LogP contribution in [0.25, 0.3) is 0 Å². The fraction of sp³-hybridized carbons (Fsp3) is 0.533. The number of nitrogens with zero attached hydrogens (tertiary/aromatic N) is 1. The third kappa shape index (κ3) is 4.20. The van der Waals surface area contributed by atoms with Crippen molar-refractivity contribution >= 4 is 15.7 Å². The van der Waals surface area contributed by atoms with Crippen LogP contribution >= 0.6 is 0 Å². The van der Waals surface area contributed by atoms with Gasteiger partial charge in [-0.25, -0.2) is 8.42 Å². The van der Waals surface area contributed by atoms with E-state index in [0.29, 0.717) is 32.1 Å². The molecule has 0 bridgehead atoms. The van der Waals surface area contributed by atoms with Crippen molar-refractivity contribution in [1.29, 1.82) is 0 Å². The molecule has 7 heteroatoms. The summed E-state index contributed by atoms with van der Waals surface area (Å²) in [4.78, 5) is 13.8. The van der Waals surface area contributed by atoms with Gasteiger partial charge in [0.05, 0.1) is 24.2 Å². The van der Waals surface area contributed by atoms with Gasteiger partial charge in [0.1, 0.15) is 11.5 Å². The lowest BCUT2D eigenvalue weighted by molar-refractivity contribution is -0.135. The summed E-state index contributed by atoms with van der Waals surface area (Å²) in [7, 11) is -3.65. The summed E-state index contributed by atoms with van der Waals surface area (Å²) >= 11 is 0. The molecule has 1 aliphatic rings. The summed E-state index contributed by atoms with van der Waals surface area (Å²) < 4.78 is 35.3. The first kappa shape index (κ1) is 16.8. The van der Waals surface area contributed by atoms with Gasteiger partial charge in [0.15, 0.2) is 9.84 Å². The average Bonchev–Trinajstić information content (AvgIpc) is 2.48. The maximum absolute atomic E-state index is 12.3. The predicted molar refractivity (Wildman–Crippen MR) is 81.7 cm³/mol. The Hall–Kier alpha value is -1.60. The van der Waals surface area contributed by atoms with E-state index in [-0.39, 0.29) is 16.9 Å². The molecular formula is C15H21NO5S. The van der Waals surface area contributed by atoms with Crippen LogP contribution in [-0.2, 0) is 19.4 Å². The van der Waals surface area contributed by atoms with Gasteiger partial charge in [-0.15, -0.1) is 0 Å². The normalized spacial score (nSPS) is 19.0. The van der Waals surface area contributed by atoms with Gasteiger partial charge >= 0.3 is 0 Å². The second-order valence-electron chi connectivity index (χ2n) is 5.18. The number of benzene rings is 1. The number of sulfone groups is 1. The number of carbonyl (C=O) groups excluding carboxylic acids is 1. The molecule has 0 N–H and O–H groups in total. The van der Waals surface area contributed by atoms with Gasteiger partial charge in [-0.1, -0.05) is 0 Å². The first-order valence-electron chi connectivity index (χ1n) is 7.27. The number of hydrogen-bond donors (Lipinski definition) is 0. The summed E-state index contributed by atoms with van der Waals surface area (Å²) in [5, 5.41) is 0. The molecule has 1 fully saturated rings. The Morgan fingerprint density at radius 2 is 2.05 bits per heavy atom. The molecule has 1 saturated heterocycles. The lowest BCUT2D eigenvalue weighted by Gasteiger charge is -2.31. The molecule has 1 aliphatic heterocycles. The van der Waals surface area contributed by atoms with Crippen molar-refractivity contribution in [1.82, 2.24) is 4.90 Å². The number of carbonyl (C=O) groups is 1. The highest BCUT2D eigenvalue weighted by Gasteiger charge is 2.26. The standard InChI is InChI=1S/C15H21NO5S/c1-3-20-13-4-6-14(7-5-13)22(18,19)11-15(17)16-8-9-21-12(2)10-16/h4-7,12H,3,8-11H2,1-2H3/t12-/m0/s1. The van der Waals surface area contributed by atoms with E-state index >= 15 is 0 Å². The fourth-order valence-electron chi connectivity index (χ4n) is 2.29. The molecule has 1 atom stereocenters. The topological polar surface area (TPSA) is 72.9 Å². The highest BCUT2D eigenvalue weighted by Crippen LogP contribution is 2.18. The second-order valence-corrected chi connectivity index (χ2v) is 7.17. The Balaban J connectivity index is 2.05. The lowest BCUT2D eigenvalue weighted by atomic mass is 10.3. The molecular weight excluding hydrogens is 306 g/mol. The number of ether oxygens (including phenoxy) is 2. The lowest BCUT2D eigenvalue weighted by Crippen LogP contribution is -2.46. The fourth-order valence-corrected chi connectivity index (χ4v) is 3.52. The minimum atomic E-state index is -3.65. The van der Waals surface area contributed by atoms with E-state index < -0.39 is 15.6 Å². The van der Waals surface area contributed by atoms with Crippen LogP contribution in [0.15, 0.2) is 29.2 Å². The van der Waals surface area contributed by atoms with Crippen LogP contribution in [-0.4, -0.2) is 57.4 Å². The van der Waals surface area contributed by atoms with Gasteiger partial charge in [0.25, 0.3) is 0 Å². The van der Waals surface area contributed by atoms with Crippen molar-refractivity contribution in [2.45, 2.75) is 24.8 Å². The van der Waals surface area contributed by atoms with E-state index in [4.69, 9.17) is 9.47 Å². The van der Waals surface area contributed by atoms with E-state index in [1.807, 2.05) is 13.8 Å². The maximum atomic E-state index is 12.3. The van der Waals surface area contributed by atoms with Crippen molar-refractivity contribution in [2.24, 2.45) is 0 Å². The van der Waals surface area contributed by atoms with Crippen LogP contribution in [0.2, 0.25) is 0 Å². The molecule has 0 radical (unpaired) electrons. The van der Waals surface area contributed by atoms with Crippen molar-refractivity contribution in [2.75, 3.05) is 32.1 Å². The van der Waals surface area contributed by atoms with Gasteiger partial charge < -0.3 is 14.4 Å². The molecule has 122 valence electrons. The highest BCUT2D eigenvalue weighted by molar-refractivity contribution is 7.92. The van der Waals surface area contributed by atoms with E-state index in [1.54, 1.807) is 17.0 Å². The molecule has 1 aromatic rings. The van der Waals surface area contributed by atoms with Gasteiger partial charge in [0.2, 0.25) is 5.91 Å². The summed E-state index contributed by atoms with van der Waals surface area (Å²) in [5.41, 5.74) is 0. The Labute approximate surface area is 130 Å². The van der Waals surface area contributed by atoms with Crippen LogP contribution < -0.4 is 4.74 Å². The molecule has 1 aromatic carbocycles. The van der Waals surface area contributed by atoms with E-state index in [0.717, 1.165) is 0 Å². The zero-order chi connectivity index (χ0) is 16.2. The average molecular weight is 327 g/mol. The molecule has 0 spiro atoms. The number of morpholine rings is 1. The van der Waals surface area contributed by atoms with Crippen LogP contribution in [0, 0.1) is 0 Å². The summed E-state index contributed by atoms with van der Waals surface area (Å²) in [6.07, 6.45) is -0.0640. The third-order valence-electron chi connectivity index (χ3n) is 3.40. The molecule has 2 rings (SSSR count). The molecule has 0 aliphatic carbocycles. The predicted octanol–water partition coefficient (Wildman–Crippen LogP) is 1.11. The van der Waals surface area contributed by atoms with Gasteiger partial charge in [-0.3, -0.25) is 4.79 Å². The van der Waals surface area contributed by atoms with Gasteiger partial charge in [-0.2, -0.15) is 0 Å². The zero-order valence-electron chi connectivity index (χ0n) is 12.8. The molecule has 1 amide bonds. The van der Waals surface area contributed by atoms with Crippen molar-refractivity contribution in [3.05, 3.63) is 24.3 Å². The molecule has 0 saturated carbocycles. The summed E-state index contributed by atoms with van der Waals surface area (Å²) in [5.74, 6) is -0.299. The van der Waals surface area contributed by atoms with Gasteiger partial charge in [-0.05, 0) is 38.1 Å². The van der Waals surface area contributed by atoms with Crippen LogP contribution in [0.1, 0.15) is 13.8 Å². The zero-order valence-corrected chi connectivity index (χ0v) is 13.6. The Kier molecular flexibility index (Phi) is 5.42. The molecule has 6 nitrogen and oxygen atoms in total. The number of hydrogen-bond acceptors (Lipinski definition) is 5. The van der Waals surface area contributed by atoms with Crippen molar-refractivity contribution in [3.63, 3.8) is 0 Å². The largest absolute Gasteiger partial charge is 0.494 e.